The average Bonchev–Trinajstić information content (AvgIpc) is 2.74. The van der Waals surface area contributed by atoms with Crippen LogP contribution in [0.4, 0.5) is 0 Å². The van der Waals surface area contributed by atoms with Gasteiger partial charge in [0, 0.05) is 31.9 Å². The van der Waals surface area contributed by atoms with Gasteiger partial charge in [0.15, 0.2) is 5.69 Å². The summed E-state index contributed by atoms with van der Waals surface area (Å²) in [6.45, 7) is 9.87. The number of nitrogens with two attached hydrogens (primary N) is 1. The van der Waals surface area contributed by atoms with E-state index in [9.17, 15) is 4.79 Å². The van der Waals surface area contributed by atoms with Gasteiger partial charge in [-0.1, -0.05) is 27.7 Å². The van der Waals surface area contributed by atoms with Gasteiger partial charge in [0.25, 0.3) is 5.91 Å². The second kappa shape index (κ2) is 6.36. The molecule has 0 aliphatic carbocycles. The van der Waals surface area contributed by atoms with Crippen LogP contribution in [-0.2, 0) is 7.05 Å². The SMILES string of the molecule is CC(C)c1cc(C(=O)N2CCC(N)C(C)(C)C2)nn1C.Cl. The van der Waals surface area contributed by atoms with E-state index in [4.69, 9.17) is 5.73 Å². The lowest BCUT2D eigenvalue weighted by Gasteiger charge is -2.42. The van der Waals surface area contributed by atoms with E-state index >= 15 is 0 Å². The molecule has 2 N–H and O–H groups in total. The maximum Gasteiger partial charge on any atom is 0.274 e. The fourth-order valence-electron chi connectivity index (χ4n) is 2.84. The van der Waals surface area contributed by atoms with Crippen LogP contribution in [0.5, 0.6) is 0 Å². The highest BCUT2D eigenvalue weighted by molar-refractivity contribution is 5.92. The van der Waals surface area contributed by atoms with E-state index in [0.29, 0.717) is 18.2 Å². The molecule has 1 aromatic heterocycles. The molecule has 0 spiro atoms. The first kappa shape index (κ1) is 18.0. The molecule has 5 nitrogen and oxygen atoms in total. The van der Waals surface area contributed by atoms with Gasteiger partial charge in [-0.15, -0.1) is 12.4 Å². The van der Waals surface area contributed by atoms with Gasteiger partial charge < -0.3 is 10.6 Å². The van der Waals surface area contributed by atoms with Crippen LogP contribution in [0.3, 0.4) is 0 Å². The number of amides is 1. The maximum absolute atomic E-state index is 12.6. The van der Waals surface area contributed by atoms with E-state index in [0.717, 1.165) is 18.7 Å². The molecule has 1 saturated heterocycles. The number of hydrogen-bond donors (Lipinski definition) is 1. The van der Waals surface area contributed by atoms with E-state index in [1.807, 2.05) is 18.0 Å². The van der Waals surface area contributed by atoms with Crippen molar-refractivity contribution in [3.63, 3.8) is 0 Å². The molecular weight excluding hydrogens is 288 g/mol. The Morgan fingerprint density at radius 1 is 1.48 bits per heavy atom. The van der Waals surface area contributed by atoms with Crippen molar-refractivity contribution < 1.29 is 4.79 Å². The van der Waals surface area contributed by atoms with Crippen LogP contribution in [0.15, 0.2) is 6.07 Å². The predicted octanol–water partition coefficient (Wildman–Crippen LogP) is 2.16. The minimum atomic E-state index is -0.0381. The van der Waals surface area contributed by atoms with Crippen LogP contribution in [0, 0.1) is 5.41 Å². The van der Waals surface area contributed by atoms with E-state index in [-0.39, 0.29) is 29.8 Å². The maximum atomic E-state index is 12.6. The number of nitrogens with zero attached hydrogens (tertiary/aromatic N) is 3. The Morgan fingerprint density at radius 3 is 2.57 bits per heavy atom. The first-order valence-electron chi connectivity index (χ1n) is 7.31. The van der Waals surface area contributed by atoms with E-state index < -0.39 is 0 Å². The first-order chi connectivity index (χ1) is 9.22. The lowest BCUT2D eigenvalue weighted by atomic mass is 9.79. The standard InChI is InChI=1S/C15H26N4O.ClH/c1-10(2)12-8-11(17-18(12)5)14(20)19-7-6-13(16)15(3,4)9-19;/h8,10,13H,6-7,9,16H2,1-5H3;1H. The third-order valence-corrected chi connectivity index (χ3v) is 4.33. The molecule has 2 rings (SSSR count). The van der Waals surface area contributed by atoms with Crippen LogP contribution in [0.1, 0.15) is 56.2 Å². The number of carbonyl (C=O) groups excluding carboxylic acids is 1. The van der Waals surface area contributed by atoms with Crippen molar-refractivity contribution in [3.05, 3.63) is 17.5 Å². The Balaban J connectivity index is 0.00000220. The molecule has 2 heterocycles. The molecule has 6 heteroatoms. The van der Waals surface area contributed by atoms with Crippen LogP contribution >= 0.6 is 12.4 Å². The van der Waals surface area contributed by atoms with Gasteiger partial charge in [0.05, 0.1) is 0 Å². The minimum absolute atomic E-state index is 0. The highest BCUT2D eigenvalue weighted by Gasteiger charge is 2.36. The van der Waals surface area contributed by atoms with Gasteiger partial charge >= 0.3 is 0 Å². The molecule has 1 amide bonds. The van der Waals surface area contributed by atoms with E-state index in [1.165, 1.54) is 0 Å². The van der Waals surface area contributed by atoms with Gasteiger partial charge in [0.2, 0.25) is 0 Å². The van der Waals surface area contributed by atoms with Crippen LogP contribution < -0.4 is 5.73 Å². The number of halogens is 1. The Kier molecular flexibility index (Phi) is 5.45. The molecule has 0 aromatic carbocycles. The molecule has 0 radical (unpaired) electrons. The largest absolute Gasteiger partial charge is 0.337 e. The highest BCUT2D eigenvalue weighted by Crippen LogP contribution is 2.28. The molecule has 0 bridgehead atoms. The Bertz CT molecular complexity index is 510. The Hall–Kier alpha value is -1.07. The van der Waals surface area contributed by atoms with E-state index in [2.05, 4.69) is 32.8 Å². The summed E-state index contributed by atoms with van der Waals surface area (Å²) in [7, 11) is 1.89. The molecule has 21 heavy (non-hydrogen) atoms. The van der Waals surface area contributed by atoms with Gasteiger partial charge in [-0.05, 0) is 23.8 Å². The summed E-state index contributed by atoms with van der Waals surface area (Å²) >= 11 is 0. The molecule has 1 fully saturated rings. The second-order valence-corrected chi connectivity index (χ2v) is 6.84. The quantitative estimate of drug-likeness (QED) is 0.910. The number of likely N-dealkylation sites (tertiary alicyclic amines) is 1. The third kappa shape index (κ3) is 3.58. The first-order valence-corrected chi connectivity index (χ1v) is 7.31. The zero-order valence-corrected chi connectivity index (χ0v) is 14.4. The second-order valence-electron chi connectivity index (χ2n) is 6.84. The lowest BCUT2D eigenvalue weighted by Crippen LogP contribution is -2.54. The molecule has 120 valence electrons. The fourth-order valence-corrected chi connectivity index (χ4v) is 2.84. The van der Waals surface area contributed by atoms with Crippen molar-refractivity contribution in [1.29, 1.82) is 0 Å². The van der Waals surface area contributed by atoms with E-state index in [1.54, 1.807) is 4.68 Å². The summed E-state index contributed by atoms with van der Waals surface area (Å²) in [6.07, 6.45) is 0.850. The summed E-state index contributed by atoms with van der Waals surface area (Å²) in [5.41, 5.74) is 7.71. The van der Waals surface area contributed by atoms with Crippen molar-refractivity contribution in [3.8, 4) is 0 Å². The summed E-state index contributed by atoms with van der Waals surface area (Å²) in [5.74, 6) is 0.382. The minimum Gasteiger partial charge on any atom is -0.337 e. The lowest BCUT2D eigenvalue weighted by molar-refractivity contribution is 0.0526. The normalized spacial score (nSPS) is 21.3. The summed E-state index contributed by atoms with van der Waals surface area (Å²) in [6, 6.07) is 2.07. The summed E-state index contributed by atoms with van der Waals surface area (Å²) in [5, 5.41) is 4.37. The number of carbonyl (C=O) groups is 1. The van der Waals surface area contributed by atoms with Crippen molar-refractivity contribution in [2.75, 3.05) is 13.1 Å². The monoisotopic (exact) mass is 314 g/mol. The predicted molar refractivity (Wildman–Crippen MR) is 86.8 cm³/mol. The van der Waals surface area contributed by atoms with Crippen molar-refractivity contribution in [2.24, 2.45) is 18.2 Å². The molecule has 1 aliphatic heterocycles. The number of hydrogen-bond acceptors (Lipinski definition) is 3. The van der Waals surface area contributed by atoms with Crippen molar-refractivity contribution >= 4 is 18.3 Å². The van der Waals surface area contributed by atoms with Crippen LogP contribution in [0.25, 0.3) is 0 Å². The number of rotatable bonds is 2. The smallest absolute Gasteiger partial charge is 0.274 e. The molecule has 0 saturated carbocycles. The van der Waals surface area contributed by atoms with Gasteiger partial charge in [0.1, 0.15) is 0 Å². The van der Waals surface area contributed by atoms with Gasteiger partial charge in [-0.25, -0.2) is 0 Å². The number of aryl methyl sites for hydroxylation is 1. The molecular formula is C15H27ClN4O. The zero-order valence-electron chi connectivity index (χ0n) is 13.6. The van der Waals surface area contributed by atoms with Crippen molar-refractivity contribution in [2.45, 2.75) is 46.1 Å². The average molecular weight is 315 g/mol. The Morgan fingerprint density at radius 2 is 2.10 bits per heavy atom. The van der Waals surface area contributed by atoms with Crippen LogP contribution in [-0.4, -0.2) is 39.7 Å². The van der Waals surface area contributed by atoms with Gasteiger partial charge in [-0.2, -0.15) is 5.10 Å². The summed E-state index contributed by atoms with van der Waals surface area (Å²) in [4.78, 5) is 14.5. The summed E-state index contributed by atoms with van der Waals surface area (Å²) < 4.78 is 1.80. The topological polar surface area (TPSA) is 64.2 Å². The molecule has 1 unspecified atom stereocenters. The molecule has 1 atom stereocenters. The van der Waals surface area contributed by atoms with Crippen LogP contribution in [0.2, 0.25) is 0 Å². The molecule has 1 aromatic rings. The number of aromatic nitrogens is 2. The third-order valence-electron chi connectivity index (χ3n) is 4.33. The van der Waals surface area contributed by atoms with Gasteiger partial charge in [-0.3, -0.25) is 9.48 Å². The highest BCUT2D eigenvalue weighted by atomic mass is 35.5. The Labute approximate surface area is 133 Å². The number of piperidine rings is 1. The van der Waals surface area contributed by atoms with Crippen molar-refractivity contribution in [1.82, 2.24) is 14.7 Å². The fraction of sp³-hybridized carbons (Fsp3) is 0.733. The molecule has 1 aliphatic rings. The zero-order chi connectivity index (χ0) is 15.1.